The van der Waals surface area contributed by atoms with Gasteiger partial charge in [0.15, 0.2) is 0 Å². The number of amides is 1. The Balaban J connectivity index is 1.88. The first kappa shape index (κ1) is 23.0. The maximum Gasteiger partial charge on any atom is 0.355 e. The van der Waals surface area contributed by atoms with Crippen LogP contribution < -0.4 is 0 Å². The third kappa shape index (κ3) is 3.98. The smallest absolute Gasteiger partial charge is 0.355 e. The molecule has 1 aromatic carbocycles. The van der Waals surface area contributed by atoms with Gasteiger partial charge in [0.25, 0.3) is 11.7 Å². The zero-order valence-electron chi connectivity index (χ0n) is 19.2. The Labute approximate surface area is 196 Å². The van der Waals surface area contributed by atoms with Gasteiger partial charge in [0.1, 0.15) is 11.5 Å². The zero-order valence-corrected chi connectivity index (χ0v) is 19.2. The van der Waals surface area contributed by atoms with Crippen LogP contribution in [-0.4, -0.2) is 44.2 Å². The van der Waals surface area contributed by atoms with Gasteiger partial charge < -0.3 is 19.7 Å². The number of aliphatic hydroxyl groups excluding tert-OH is 1. The largest absolute Gasteiger partial charge is 0.507 e. The highest BCUT2D eigenvalue weighted by atomic mass is 16.5. The van der Waals surface area contributed by atoms with Gasteiger partial charge in [0.05, 0.1) is 18.2 Å². The number of aryl methyl sites for hydroxylation is 1. The van der Waals surface area contributed by atoms with Crippen LogP contribution in [0.5, 0.6) is 0 Å². The Morgan fingerprint density at radius 2 is 1.88 bits per heavy atom. The zero-order chi connectivity index (χ0) is 24.4. The number of benzene rings is 1. The fourth-order valence-corrected chi connectivity index (χ4v) is 4.36. The van der Waals surface area contributed by atoms with Gasteiger partial charge in [-0.2, -0.15) is 0 Å². The van der Waals surface area contributed by atoms with Gasteiger partial charge in [0, 0.05) is 30.2 Å². The molecule has 0 saturated carbocycles. The summed E-state index contributed by atoms with van der Waals surface area (Å²) in [6.07, 6.45) is 3.26. The molecular formula is C26H25N3O5. The third-order valence-electron chi connectivity index (χ3n) is 5.88. The van der Waals surface area contributed by atoms with Crippen molar-refractivity contribution in [2.24, 2.45) is 0 Å². The van der Waals surface area contributed by atoms with E-state index in [1.165, 1.54) is 4.90 Å². The van der Waals surface area contributed by atoms with Crippen molar-refractivity contribution in [1.82, 2.24) is 14.9 Å². The molecule has 8 heteroatoms. The molecule has 2 aromatic heterocycles. The number of carbonyl (C=O) groups is 3. The number of nitrogens with one attached hydrogen (secondary N) is 1. The van der Waals surface area contributed by atoms with E-state index >= 15 is 0 Å². The van der Waals surface area contributed by atoms with Gasteiger partial charge in [-0.05, 0) is 43.5 Å². The van der Waals surface area contributed by atoms with Crippen LogP contribution in [0.15, 0.2) is 60.4 Å². The van der Waals surface area contributed by atoms with Crippen molar-refractivity contribution >= 4 is 23.4 Å². The molecule has 0 spiro atoms. The van der Waals surface area contributed by atoms with Crippen molar-refractivity contribution in [3.8, 4) is 0 Å². The highest BCUT2D eigenvalue weighted by Crippen LogP contribution is 2.41. The van der Waals surface area contributed by atoms with Crippen molar-refractivity contribution in [2.45, 2.75) is 33.4 Å². The molecule has 0 radical (unpaired) electrons. The van der Waals surface area contributed by atoms with Crippen molar-refractivity contribution in [3.05, 3.63) is 94.1 Å². The normalized spacial score (nSPS) is 17.3. The van der Waals surface area contributed by atoms with E-state index < -0.39 is 23.7 Å². The summed E-state index contributed by atoms with van der Waals surface area (Å²) in [6.45, 7) is 5.40. The highest BCUT2D eigenvalue weighted by molar-refractivity contribution is 6.46. The number of ketones is 1. The molecule has 1 amide bonds. The average Bonchev–Trinajstić information content (AvgIpc) is 3.27. The van der Waals surface area contributed by atoms with Gasteiger partial charge in [-0.1, -0.05) is 36.4 Å². The molecule has 3 heterocycles. The summed E-state index contributed by atoms with van der Waals surface area (Å²) in [5.74, 6) is -2.38. The number of ether oxygens (including phenoxy) is 1. The number of carbonyl (C=O) groups excluding carboxylic acids is 3. The number of aromatic nitrogens is 2. The lowest BCUT2D eigenvalue weighted by Crippen LogP contribution is -2.29. The maximum atomic E-state index is 13.2. The number of hydrogen-bond donors (Lipinski definition) is 2. The summed E-state index contributed by atoms with van der Waals surface area (Å²) < 4.78 is 5.09. The topological polar surface area (TPSA) is 113 Å². The molecule has 1 aliphatic rings. The summed E-state index contributed by atoms with van der Waals surface area (Å²) in [6, 6.07) is 11.8. The third-order valence-corrected chi connectivity index (χ3v) is 5.88. The van der Waals surface area contributed by atoms with Crippen LogP contribution in [0.3, 0.4) is 0 Å². The molecule has 174 valence electrons. The molecule has 2 N–H and O–H groups in total. The van der Waals surface area contributed by atoms with Crippen molar-refractivity contribution in [3.63, 3.8) is 0 Å². The molecule has 1 saturated heterocycles. The SMILES string of the molecule is CCOC(=O)c1[nH]c(C)c(C(O)=C2C(=O)C(=O)N(Cc3cccnc3)[C@@H]2c2ccccc2)c1C. The van der Waals surface area contributed by atoms with Gasteiger partial charge in [-0.25, -0.2) is 4.79 Å². The number of pyridine rings is 1. The minimum absolute atomic E-state index is 0.0271. The van der Waals surface area contributed by atoms with Crippen molar-refractivity contribution in [1.29, 1.82) is 0 Å². The number of Topliss-reactive ketones (excluding diaryl/α,β-unsaturated/α-hetero) is 1. The first-order chi connectivity index (χ1) is 16.3. The molecule has 1 atom stereocenters. The second-order valence-corrected chi connectivity index (χ2v) is 8.04. The van der Waals surface area contributed by atoms with E-state index in [1.54, 1.807) is 51.4 Å². The van der Waals surface area contributed by atoms with Gasteiger partial charge in [-0.3, -0.25) is 14.6 Å². The predicted molar refractivity (Wildman–Crippen MR) is 125 cm³/mol. The number of likely N-dealkylation sites (tertiary alicyclic amines) is 1. The highest BCUT2D eigenvalue weighted by Gasteiger charge is 2.46. The van der Waals surface area contributed by atoms with E-state index in [1.807, 2.05) is 24.3 Å². The van der Waals surface area contributed by atoms with Gasteiger partial charge in [-0.15, -0.1) is 0 Å². The second kappa shape index (κ2) is 9.35. The van der Waals surface area contributed by atoms with E-state index in [0.29, 0.717) is 22.4 Å². The number of rotatable bonds is 6. The van der Waals surface area contributed by atoms with E-state index in [-0.39, 0.29) is 30.2 Å². The van der Waals surface area contributed by atoms with Crippen molar-refractivity contribution < 1.29 is 24.2 Å². The molecule has 0 bridgehead atoms. The average molecular weight is 460 g/mol. The number of nitrogens with zero attached hydrogens (tertiary/aromatic N) is 2. The summed E-state index contributed by atoms with van der Waals surface area (Å²) in [4.78, 5) is 47.2. The standard InChI is InChI=1S/C26H25N3O5/c1-4-34-26(33)21-15(2)19(16(3)28-21)23(30)20-22(18-10-6-5-7-11-18)29(25(32)24(20)31)14-17-9-8-12-27-13-17/h5-13,22,28,30H,4,14H2,1-3H3/t22-/m1/s1. The molecule has 0 aliphatic carbocycles. The first-order valence-corrected chi connectivity index (χ1v) is 10.9. The monoisotopic (exact) mass is 459 g/mol. The maximum absolute atomic E-state index is 13.2. The molecule has 3 aromatic rings. The fraction of sp³-hybridized carbons (Fsp3) is 0.231. The van der Waals surface area contributed by atoms with Crippen LogP contribution in [0.2, 0.25) is 0 Å². The van der Waals surface area contributed by atoms with Crippen LogP contribution in [0, 0.1) is 13.8 Å². The fourth-order valence-electron chi connectivity index (χ4n) is 4.36. The van der Waals surface area contributed by atoms with Gasteiger partial charge >= 0.3 is 5.97 Å². The van der Waals surface area contributed by atoms with Gasteiger partial charge in [0.2, 0.25) is 0 Å². The molecule has 1 fully saturated rings. The molecule has 1 aliphatic heterocycles. The number of hydrogen-bond acceptors (Lipinski definition) is 6. The van der Waals surface area contributed by atoms with E-state index in [2.05, 4.69) is 9.97 Å². The Hall–Kier alpha value is -4.20. The Morgan fingerprint density at radius 1 is 1.15 bits per heavy atom. The minimum atomic E-state index is -0.804. The van der Waals surface area contributed by atoms with Crippen LogP contribution in [-0.2, 0) is 20.9 Å². The Kier molecular flexibility index (Phi) is 6.32. The predicted octanol–water partition coefficient (Wildman–Crippen LogP) is 3.83. The van der Waals surface area contributed by atoms with Crippen molar-refractivity contribution in [2.75, 3.05) is 6.61 Å². The number of H-pyrrole nitrogens is 1. The lowest BCUT2D eigenvalue weighted by atomic mass is 9.94. The summed E-state index contributed by atoms with van der Waals surface area (Å²) in [5, 5.41) is 11.4. The number of aliphatic hydroxyl groups is 1. The molecular weight excluding hydrogens is 434 g/mol. The summed E-state index contributed by atoms with van der Waals surface area (Å²) >= 11 is 0. The summed E-state index contributed by atoms with van der Waals surface area (Å²) in [5.41, 5.74) is 2.85. The Morgan fingerprint density at radius 3 is 2.53 bits per heavy atom. The van der Waals surface area contributed by atoms with E-state index in [9.17, 15) is 19.5 Å². The summed E-state index contributed by atoms with van der Waals surface area (Å²) in [7, 11) is 0. The number of esters is 1. The van der Waals surface area contributed by atoms with Crippen LogP contribution in [0.1, 0.15) is 51.4 Å². The molecule has 34 heavy (non-hydrogen) atoms. The molecule has 0 unspecified atom stereocenters. The quantitative estimate of drug-likeness (QED) is 0.251. The lowest BCUT2D eigenvalue weighted by Gasteiger charge is -2.25. The number of aromatic amines is 1. The van der Waals surface area contributed by atoms with E-state index in [0.717, 1.165) is 5.56 Å². The Bertz CT molecular complexity index is 1280. The molecule has 8 nitrogen and oxygen atoms in total. The van der Waals surface area contributed by atoms with Crippen LogP contribution >= 0.6 is 0 Å². The molecule has 4 rings (SSSR count). The van der Waals surface area contributed by atoms with Crippen LogP contribution in [0.4, 0.5) is 0 Å². The van der Waals surface area contributed by atoms with Crippen LogP contribution in [0.25, 0.3) is 5.76 Å². The second-order valence-electron chi connectivity index (χ2n) is 8.04. The minimum Gasteiger partial charge on any atom is -0.507 e. The first-order valence-electron chi connectivity index (χ1n) is 10.9. The lowest BCUT2D eigenvalue weighted by molar-refractivity contribution is -0.140. The van der Waals surface area contributed by atoms with E-state index in [4.69, 9.17) is 4.74 Å².